The number of benzene rings is 1. The van der Waals surface area contributed by atoms with Crippen LogP contribution >= 0.6 is 23.5 Å². The molecule has 0 unspecified atom stereocenters. The van der Waals surface area contributed by atoms with Crippen molar-refractivity contribution in [1.82, 2.24) is 5.32 Å². The number of esters is 1. The molecule has 0 aliphatic carbocycles. The van der Waals surface area contributed by atoms with Crippen LogP contribution in [-0.4, -0.2) is 41.2 Å². The average Bonchev–Trinajstić information content (AvgIpc) is 3.11. The summed E-state index contributed by atoms with van der Waals surface area (Å²) in [6, 6.07) is 7.34. The molecular weight excluding hydrogens is 344 g/mol. The van der Waals surface area contributed by atoms with Crippen LogP contribution < -0.4 is 5.32 Å². The van der Waals surface area contributed by atoms with Gasteiger partial charge in [-0.3, -0.25) is 9.79 Å². The normalized spacial score (nSPS) is 14.8. The number of hydrogen-bond acceptors (Lipinski definition) is 6. The van der Waals surface area contributed by atoms with Crippen LogP contribution in [0.25, 0.3) is 0 Å². The molecule has 0 saturated heterocycles. The molecule has 2 rings (SSSR count). The summed E-state index contributed by atoms with van der Waals surface area (Å²) in [7, 11) is 0. The van der Waals surface area contributed by atoms with Crippen molar-refractivity contribution in [2.45, 2.75) is 32.1 Å². The summed E-state index contributed by atoms with van der Waals surface area (Å²) in [5, 5.41) is 2.73. The Balaban J connectivity index is 1.97. The molecule has 1 aromatic rings. The van der Waals surface area contributed by atoms with Gasteiger partial charge in [-0.1, -0.05) is 48.6 Å². The Labute approximate surface area is 151 Å². The van der Waals surface area contributed by atoms with E-state index in [0.29, 0.717) is 17.9 Å². The maximum Gasteiger partial charge on any atom is 0.339 e. The van der Waals surface area contributed by atoms with Gasteiger partial charge in [0.05, 0.1) is 12.1 Å². The third kappa shape index (κ3) is 5.56. The molecule has 1 N–H and O–H groups in total. The highest BCUT2D eigenvalue weighted by Gasteiger charge is 2.20. The van der Waals surface area contributed by atoms with Gasteiger partial charge in [-0.25, -0.2) is 4.79 Å². The van der Waals surface area contributed by atoms with Crippen molar-refractivity contribution in [3.05, 3.63) is 35.4 Å². The minimum absolute atomic E-state index is 0.270. The summed E-state index contributed by atoms with van der Waals surface area (Å²) in [4.78, 5) is 28.6. The fourth-order valence-corrected chi connectivity index (χ4v) is 4.07. The summed E-state index contributed by atoms with van der Waals surface area (Å²) < 4.78 is 6.37. The van der Waals surface area contributed by atoms with Crippen molar-refractivity contribution >= 4 is 39.8 Å². The quantitative estimate of drug-likeness (QED) is 0.751. The second kappa shape index (κ2) is 9.74. The van der Waals surface area contributed by atoms with Gasteiger partial charge >= 0.3 is 5.97 Å². The van der Waals surface area contributed by atoms with Crippen molar-refractivity contribution in [2.75, 3.05) is 18.8 Å². The third-order valence-corrected chi connectivity index (χ3v) is 5.65. The van der Waals surface area contributed by atoms with Crippen molar-refractivity contribution < 1.29 is 14.3 Å². The number of nitrogens with one attached hydrogen (secondary N) is 1. The molecule has 1 amide bonds. The smallest absolute Gasteiger partial charge is 0.339 e. The first-order chi connectivity index (χ1) is 11.6. The van der Waals surface area contributed by atoms with Gasteiger partial charge in [0, 0.05) is 18.1 Å². The van der Waals surface area contributed by atoms with Gasteiger partial charge in [0.2, 0.25) is 0 Å². The van der Waals surface area contributed by atoms with Crippen LogP contribution in [0.3, 0.4) is 0 Å². The Morgan fingerprint density at radius 1 is 1.42 bits per heavy atom. The molecule has 0 radical (unpaired) electrons. The topological polar surface area (TPSA) is 67.8 Å². The zero-order valence-electron chi connectivity index (χ0n) is 13.9. The summed E-state index contributed by atoms with van der Waals surface area (Å²) in [6.45, 7) is 5.00. The van der Waals surface area contributed by atoms with Gasteiger partial charge in [-0.2, -0.15) is 0 Å². The fourth-order valence-electron chi connectivity index (χ4n) is 2.06. The lowest BCUT2D eigenvalue weighted by molar-refractivity contribution is -0.129. The van der Waals surface area contributed by atoms with E-state index < -0.39 is 12.1 Å². The molecule has 1 heterocycles. The molecule has 0 fully saturated rings. The van der Waals surface area contributed by atoms with Crippen molar-refractivity contribution in [3.8, 4) is 0 Å². The van der Waals surface area contributed by atoms with Gasteiger partial charge in [0.25, 0.3) is 5.91 Å². The number of rotatable bonds is 7. The van der Waals surface area contributed by atoms with Gasteiger partial charge in [-0.15, -0.1) is 0 Å². The molecule has 5 nitrogen and oxygen atoms in total. The minimum Gasteiger partial charge on any atom is -0.449 e. The third-order valence-electron chi connectivity index (χ3n) is 3.35. The monoisotopic (exact) mass is 366 g/mol. The molecule has 1 aliphatic rings. The molecule has 0 saturated carbocycles. The predicted octanol–water partition coefficient (Wildman–Crippen LogP) is 3.09. The van der Waals surface area contributed by atoms with Crippen molar-refractivity contribution in [2.24, 2.45) is 4.99 Å². The molecule has 0 aromatic heterocycles. The number of carbonyl (C=O) groups is 2. The number of nitrogens with zero attached hydrogens (tertiary/aromatic N) is 1. The lowest BCUT2D eigenvalue weighted by atomic mass is 10.1. The van der Waals surface area contributed by atoms with Gasteiger partial charge in [0.1, 0.15) is 4.38 Å². The summed E-state index contributed by atoms with van der Waals surface area (Å²) in [5.41, 5.74) is 1.40. The Kier molecular flexibility index (Phi) is 7.65. The second-order valence-electron chi connectivity index (χ2n) is 5.28. The highest BCUT2D eigenvalue weighted by molar-refractivity contribution is 8.38. The first kappa shape index (κ1) is 18.9. The van der Waals surface area contributed by atoms with Crippen LogP contribution in [0.5, 0.6) is 0 Å². The van der Waals surface area contributed by atoms with E-state index in [9.17, 15) is 9.59 Å². The molecule has 24 heavy (non-hydrogen) atoms. The summed E-state index contributed by atoms with van der Waals surface area (Å²) in [6.07, 6.45) is 0.0356. The van der Waals surface area contributed by atoms with Gasteiger partial charge < -0.3 is 10.1 Å². The molecule has 0 bridgehead atoms. The Bertz CT molecular complexity index is 620. The first-order valence-electron chi connectivity index (χ1n) is 7.98. The molecule has 1 atom stereocenters. The van der Waals surface area contributed by atoms with E-state index in [1.54, 1.807) is 42.6 Å². The van der Waals surface area contributed by atoms with Crippen LogP contribution in [-0.2, 0) is 15.3 Å². The minimum atomic E-state index is -0.806. The maximum absolute atomic E-state index is 12.4. The van der Waals surface area contributed by atoms with E-state index in [0.717, 1.165) is 28.7 Å². The molecule has 7 heteroatoms. The molecule has 0 spiro atoms. The molecule has 130 valence electrons. The largest absolute Gasteiger partial charge is 0.449 e. The molecule has 1 aliphatic heterocycles. The standard InChI is InChI=1S/C17H22N2O3S2/c1-3-8-18-15(20)12(2)22-16(21)14-7-5-4-6-13(14)11-24-17-19-9-10-23-17/h4-7,12H,3,8-11H2,1-2H3,(H,18,20)/t12-/m0/s1. The van der Waals surface area contributed by atoms with E-state index in [4.69, 9.17) is 4.74 Å². The van der Waals surface area contributed by atoms with Gasteiger partial charge in [-0.05, 0) is 25.0 Å². The van der Waals surface area contributed by atoms with Crippen LogP contribution in [0.2, 0.25) is 0 Å². The van der Waals surface area contributed by atoms with E-state index in [1.165, 1.54) is 0 Å². The van der Waals surface area contributed by atoms with E-state index >= 15 is 0 Å². The lowest BCUT2D eigenvalue weighted by Crippen LogP contribution is -2.36. The number of amides is 1. The average molecular weight is 367 g/mol. The van der Waals surface area contributed by atoms with E-state index in [2.05, 4.69) is 10.3 Å². The Morgan fingerprint density at radius 3 is 2.92 bits per heavy atom. The summed E-state index contributed by atoms with van der Waals surface area (Å²) >= 11 is 3.37. The number of carbonyl (C=O) groups excluding carboxylic acids is 2. The number of ether oxygens (including phenoxy) is 1. The zero-order chi connectivity index (χ0) is 17.4. The molecular formula is C17H22N2O3S2. The van der Waals surface area contributed by atoms with Crippen molar-refractivity contribution in [1.29, 1.82) is 0 Å². The van der Waals surface area contributed by atoms with Crippen LogP contribution in [0.15, 0.2) is 29.3 Å². The first-order valence-corrected chi connectivity index (χ1v) is 9.95. The fraction of sp³-hybridized carbons (Fsp3) is 0.471. The highest BCUT2D eigenvalue weighted by Crippen LogP contribution is 2.26. The van der Waals surface area contributed by atoms with Crippen LogP contribution in [0.4, 0.5) is 0 Å². The predicted molar refractivity (Wildman–Crippen MR) is 101 cm³/mol. The zero-order valence-corrected chi connectivity index (χ0v) is 15.5. The second-order valence-corrected chi connectivity index (χ2v) is 7.59. The lowest BCUT2D eigenvalue weighted by Gasteiger charge is -2.14. The molecule has 1 aromatic carbocycles. The Hall–Kier alpha value is -1.47. The summed E-state index contributed by atoms with van der Waals surface area (Å²) in [5.74, 6) is 0.948. The number of hydrogen-bond donors (Lipinski definition) is 1. The highest BCUT2D eigenvalue weighted by atomic mass is 32.2. The number of aliphatic imine (C=N–C) groups is 1. The number of thioether (sulfide) groups is 2. The SMILES string of the molecule is CCCNC(=O)[C@H](C)OC(=O)c1ccccc1CSC1=NCCS1. The van der Waals surface area contributed by atoms with E-state index in [-0.39, 0.29) is 5.91 Å². The van der Waals surface area contributed by atoms with E-state index in [1.807, 2.05) is 19.1 Å². The maximum atomic E-state index is 12.4. The Morgan fingerprint density at radius 2 is 2.21 bits per heavy atom. The van der Waals surface area contributed by atoms with Crippen LogP contribution in [0, 0.1) is 0 Å². The van der Waals surface area contributed by atoms with Crippen molar-refractivity contribution in [3.63, 3.8) is 0 Å². The van der Waals surface area contributed by atoms with Gasteiger partial charge in [0.15, 0.2) is 6.10 Å². The van der Waals surface area contributed by atoms with Crippen LogP contribution in [0.1, 0.15) is 36.2 Å².